The standard InChI is InChI=1S/C8H8NO3/c1-2-12-8(11)6-3-4-7(10)9-5-6/h3,5H,2H2,1H3,(H,9,10). The lowest BCUT2D eigenvalue weighted by Crippen LogP contribution is -2.04. The molecular weight excluding hydrogens is 158 g/mol. The van der Waals surface area contributed by atoms with Crippen LogP contribution in [0.3, 0.4) is 0 Å². The molecule has 4 heteroatoms. The van der Waals surface area contributed by atoms with Gasteiger partial charge in [0.1, 0.15) is 0 Å². The summed E-state index contributed by atoms with van der Waals surface area (Å²) in [7, 11) is 0. The Morgan fingerprint density at radius 1 is 1.83 bits per heavy atom. The van der Waals surface area contributed by atoms with E-state index in [4.69, 9.17) is 5.11 Å². The Labute approximate surface area is 69.8 Å². The zero-order valence-corrected chi connectivity index (χ0v) is 6.57. The number of hydrogen-bond donors (Lipinski definition) is 1. The molecule has 0 aromatic carbocycles. The van der Waals surface area contributed by atoms with E-state index in [1.807, 2.05) is 0 Å². The third kappa shape index (κ3) is 1.95. The van der Waals surface area contributed by atoms with Gasteiger partial charge in [-0.05, 0) is 13.0 Å². The van der Waals surface area contributed by atoms with Gasteiger partial charge in [-0.2, -0.15) is 0 Å². The number of nitrogens with zero attached hydrogens (tertiary/aromatic N) is 1. The van der Waals surface area contributed by atoms with Gasteiger partial charge >= 0.3 is 5.97 Å². The van der Waals surface area contributed by atoms with E-state index in [0.29, 0.717) is 6.61 Å². The molecule has 12 heavy (non-hydrogen) atoms. The molecule has 0 aliphatic heterocycles. The quantitative estimate of drug-likeness (QED) is 0.659. The molecule has 0 amide bonds. The van der Waals surface area contributed by atoms with E-state index in [2.05, 4.69) is 15.8 Å². The monoisotopic (exact) mass is 166 g/mol. The molecule has 1 radical (unpaired) electrons. The number of aromatic hydroxyl groups is 1. The number of carbonyl (C=O) groups is 1. The van der Waals surface area contributed by atoms with Crippen molar-refractivity contribution < 1.29 is 14.6 Å². The van der Waals surface area contributed by atoms with Gasteiger partial charge in [-0.3, -0.25) is 0 Å². The van der Waals surface area contributed by atoms with Crippen LogP contribution in [0, 0.1) is 6.07 Å². The van der Waals surface area contributed by atoms with Crippen LogP contribution in [-0.4, -0.2) is 22.7 Å². The molecule has 4 nitrogen and oxygen atoms in total. The van der Waals surface area contributed by atoms with Crippen LogP contribution >= 0.6 is 0 Å². The minimum atomic E-state index is -0.457. The minimum Gasteiger partial charge on any atom is -0.493 e. The Bertz CT molecular complexity index is 268. The average molecular weight is 166 g/mol. The van der Waals surface area contributed by atoms with Gasteiger partial charge in [0.15, 0.2) is 0 Å². The highest BCUT2D eigenvalue weighted by atomic mass is 16.5. The lowest BCUT2D eigenvalue weighted by Gasteiger charge is -1.99. The van der Waals surface area contributed by atoms with Crippen molar-refractivity contribution in [2.75, 3.05) is 6.61 Å². The zero-order chi connectivity index (χ0) is 8.97. The molecule has 1 aromatic heterocycles. The molecule has 0 saturated heterocycles. The van der Waals surface area contributed by atoms with E-state index >= 15 is 0 Å². The number of ether oxygens (including phenoxy) is 1. The maximum atomic E-state index is 11.0. The first-order valence-corrected chi connectivity index (χ1v) is 3.48. The molecule has 1 heterocycles. The van der Waals surface area contributed by atoms with E-state index in [1.54, 1.807) is 6.92 Å². The van der Waals surface area contributed by atoms with Gasteiger partial charge < -0.3 is 9.84 Å². The highest BCUT2D eigenvalue weighted by Crippen LogP contribution is 2.04. The summed E-state index contributed by atoms with van der Waals surface area (Å²) < 4.78 is 4.69. The third-order valence-corrected chi connectivity index (χ3v) is 1.19. The number of aromatic nitrogens is 1. The van der Waals surface area contributed by atoms with Crippen molar-refractivity contribution >= 4 is 5.97 Å². The lowest BCUT2D eigenvalue weighted by molar-refractivity contribution is 0.0526. The topological polar surface area (TPSA) is 59.4 Å². The van der Waals surface area contributed by atoms with E-state index in [1.165, 1.54) is 12.3 Å². The number of esters is 1. The molecule has 0 aliphatic carbocycles. The first-order chi connectivity index (χ1) is 5.74. The summed E-state index contributed by atoms with van der Waals surface area (Å²) in [5, 5.41) is 8.75. The largest absolute Gasteiger partial charge is 0.493 e. The van der Waals surface area contributed by atoms with Gasteiger partial charge in [-0.25, -0.2) is 9.78 Å². The molecule has 0 aliphatic rings. The molecule has 0 spiro atoms. The Balaban J connectivity index is 2.75. The second kappa shape index (κ2) is 3.71. The van der Waals surface area contributed by atoms with Gasteiger partial charge in [0, 0.05) is 6.20 Å². The van der Waals surface area contributed by atoms with E-state index in [-0.39, 0.29) is 11.4 Å². The predicted octanol–water partition coefficient (Wildman–Crippen LogP) is 0.764. The van der Waals surface area contributed by atoms with Gasteiger partial charge in [-0.15, -0.1) is 0 Å². The summed E-state index contributed by atoms with van der Waals surface area (Å²) >= 11 is 0. The number of rotatable bonds is 2. The number of carbonyl (C=O) groups excluding carboxylic acids is 1. The van der Waals surface area contributed by atoms with Crippen LogP contribution in [0.5, 0.6) is 5.88 Å². The Hall–Kier alpha value is -1.58. The van der Waals surface area contributed by atoms with Crippen LogP contribution in [0.25, 0.3) is 0 Å². The molecule has 0 saturated carbocycles. The molecule has 0 atom stereocenters. The second-order valence-corrected chi connectivity index (χ2v) is 2.05. The third-order valence-electron chi connectivity index (χ3n) is 1.19. The molecule has 0 bridgehead atoms. The SMILES string of the molecule is CCOC(=O)c1c[c]c(O)nc1. The van der Waals surface area contributed by atoms with Crippen molar-refractivity contribution in [1.29, 1.82) is 0 Å². The van der Waals surface area contributed by atoms with Crippen LogP contribution in [0.1, 0.15) is 17.3 Å². The Morgan fingerprint density at radius 2 is 2.58 bits per heavy atom. The molecule has 1 rings (SSSR count). The molecule has 0 unspecified atom stereocenters. The summed E-state index contributed by atoms with van der Waals surface area (Å²) in [5.74, 6) is -0.690. The fourth-order valence-corrected chi connectivity index (χ4v) is 0.674. The highest BCUT2D eigenvalue weighted by molar-refractivity contribution is 5.88. The minimum absolute atomic E-state index is 0.233. The fourth-order valence-electron chi connectivity index (χ4n) is 0.674. The summed E-state index contributed by atoms with van der Waals surface area (Å²) in [6.45, 7) is 2.04. The predicted molar refractivity (Wildman–Crippen MR) is 40.7 cm³/mol. The van der Waals surface area contributed by atoms with Gasteiger partial charge in [0.25, 0.3) is 0 Å². The van der Waals surface area contributed by atoms with Gasteiger partial charge in [0.2, 0.25) is 5.88 Å². The maximum Gasteiger partial charge on any atom is 0.339 e. The van der Waals surface area contributed by atoms with Crippen molar-refractivity contribution in [3.8, 4) is 5.88 Å². The first kappa shape index (κ1) is 8.52. The van der Waals surface area contributed by atoms with Crippen molar-refractivity contribution in [1.82, 2.24) is 4.98 Å². The smallest absolute Gasteiger partial charge is 0.339 e. The summed E-state index contributed by atoms with van der Waals surface area (Å²) in [6.07, 6.45) is 1.24. The van der Waals surface area contributed by atoms with Crippen molar-refractivity contribution in [3.05, 3.63) is 23.9 Å². The molecule has 1 N–H and O–H groups in total. The van der Waals surface area contributed by atoms with E-state index in [0.717, 1.165) is 0 Å². The van der Waals surface area contributed by atoms with Gasteiger partial charge in [0.05, 0.1) is 18.2 Å². The number of hydrogen-bond acceptors (Lipinski definition) is 4. The van der Waals surface area contributed by atoms with Crippen LogP contribution in [0.15, 0.2) is 12.3 Å². The van der Waals surface area contributed by atoms with E-state index < -0.39 is 5.97 Å². The van der Waals surface area contributed by atoms with Crippen LogP contribution < -0.4 is 0 Å². The highest BCUT2D eigenvalue weighted by Gasteiger charge is 2.05. The van der Waals surface area contributed by atoms with Crippen molar-refractivity contribution in [2.24, 2.45) is 0 Å². The van der Waals surface area contributed by atoms with Crippen LogP contribution in [0.4, 0.5) is 0 Å². The molecule has 0 fully saturated rings. The summed E-state index contributed by atoms with van der Waals surface area (Å²) in [4.78, 5) is 14.5. The first-order valence-electron chi connectivity index (χ1n) is 3.48. The van der Waals surface area contributed by atoms with Crippen molar-refractivity contribution in [3.63, 3.8) is 0 Å². The average Bonchev–Trinajstić information content (AvgIpc) is 2.06. The van der Waals surface area contributed by atoms with Gasteiger partial charge in [-0.1, -0.05) is 0 Å². The fraction of sp³-hybridized carbons (Fsp3) is 0.250. The molecule has 63 valence electrons. The maximum absolute atomic E-state index is 11.0. The van der Waals surface area contributed by atoms with E-state index in [9.17, 15) is 4.79 Å². The lowest BCUT2D eigenvalue weighted by atomic mass is 10.3. The normalized spacial score (nSPS) is 9.42. The number of pyridine rings is 1. The Kier molecular flexibility index (Phi) is 2.63. The second-order valence-electron chi connectivity index (χ2n) is 2.05. The summed E-state index contributed by atoms with van der Waals surface area (Å²) in [6, 6.07) is 3.72. The molecule has 1 aromatic rings. The van der Waals surface area contributed by atoms with Crippen LogP contribution in [0.2, 0.25) is 0 Å². The van der Waals surface area contributed by atoms with Crippen molar-refractivity contribution in [2.45, 2.75) is 6.92 Å². The van der Waals surface area contributed by atoms with Crippen LogP contribution in [-0.2, 0) is 4.74 Å². The molecular formula is C8H8NO3. The summed E-state index contributed by atoms with van der Waals surface area (Å²) in [5.41, 5.74) is 0.287. The Morgan fingerprint density at radius 3 is 3.08 bits per heavy atom. The zero-order valence-electron chi connectivity index (χ0n) is 6.57.